The van der Waals surface area contributed by atoms with Gasteiger partial charge < -0.3 is 9.88 Å². The number of alkyl halides is 4. The molecule has 0 amide bonds. The monoisotopic (exact) mass is 424 g/mol. The van der Waals surface area contributed by atoms with Crippen LogP contribution in [0.5, 0.6) is 0 Å². The Balaban J connectivity index is 1.74. The highest BCUT2D eigenvalue weighted by Gasteiger charge is 2.53. The Kier molecular flexibility index (Phi) is 4.95. The zero-order chi connectivity index (χ0) is 21.6. The van der Waals surface area contributed by atoms with E-state index in [4.69, 9.17) is 0 Å². The molecule has 30 heavy (non-hydrogen) atoms. The van der Waals surface area contributed by atoms with Crippen molar-refractivity contribution in [2.45, 2.75) is 44.7 Å². The zero-order valence-corrected chi connectivity index (χ0v) is 15.8. The van der Waals surface area contributed by atoms with Crippen molar-refractivity contribution in [2.24, 2.45) is 0 Å². The molecule has 2 aromatic heterocycles. The molecule has 0 aliphatic heterocycles. The summed E-state index contributed by atoms with van der Waals surface area (Å²) in [7, 11) is 0. The largest absolute Gasteiger partial charge is 0.365 e. The van der Waals surface area contributed by atoms with Gasteiger partial charge in [0, 0.05) is 24.4 Å². The van der Waals surface area contributed by atoms with E-state index < -0.39 is 35.3 Å². The number of benzene rings is 1. The second-order valence-corrected chi connectivity index (χ2v) is 7.28. The minimum atomic E-state index is -2.95. The van der Waals surface area contributed by atoms with Crippen molar-refractivity contribution in [1.82, 2.24) is 14.5 Å². The van der Waals surface area contributed by atoms with Crippen LogP contribution >= 0.6 is 0 Å². The molecule has 3 aromatic rings. The molecular formula is C20H17F5N4O. The number of nitrogens with zero attached hydrogens (tertiary/aromatic N) is 3. The summed E-state index contributed by atoms with van der Waals surface area (Å²) in [5.41, 5.74) is -2.60. The number of hydrogen-bond donors (Lipinski definition) is 1. The predicted octanol–water partition coefficient (Wildman–Crippen LogP) is 4.54. The number of halogens is 5. The van der Waals surface area contributed by atoms with Crippen LogP contribution in [-0.4, -0.2) is 21.0 Å². The van der Waals surface area contributed by atoms with Gasteiger partial charge in [-0.05, 0) is 19.8 Å². The van der Waals surface area contributed by atoms with Gasteiger partial charge in [-0.15, -0.1) is 0 Å². The van der Waals surface area contributed by atoms with E-state index in [0.29, 0.717) is 11.2 Å². The molecule has 1 saturated carbocycles. The van der Waals surface area contributed by atoms with Gasteiger partial charge in [0.15, 0.2) is 0 Å². The van der Waals surface area contributed by atoms with Crippen molar-refractivity contribution in [3.63, 3.8) is 0 Å². The number of aryl methyl sites for hydroxylation is 1. The number of fused-ring (bicyclic) bond motifs is 1. The van der Waals surface area contributed by atoms with Gasteiger partial charge >= 0.3 is 0 Å². The lowest BCUT2D eigenvalue weighted by Crippen LogP contribution is -2.35. The van der Waals surface area contributed by atoms with Gasteiger partial charge in [-0.2, -0.15) is 0 Å². The number of nitrogens with one attached hydrogen (secondary N) is 1. The molecule has 0 atom stereocenters. The van der Waals surface area contributed by atoms with E-state index in [1.165, 1.54) is 18.3 Å². The maximum atomic E-state index is 14.3. The molecule has 1 aromatic carbocycles. The summed E-state index contributed by atoms with van der Waals surface area (Å²) in [4.78, 5) is 20.8. The average molecular weight is 424 g/mol. The van der Waals surface area contributed by atoms with E-state index in [9.17, 15) is 26.7 Å². The fourth-order valence-electron chi connectivity index (χ4n) is 3.48. The molecule has 1 fully saturated rings. The number of pyridine rings is 1. The van der Waals surface area contributed by atoms with Crippen LogP contribution in [0.1, 0.15) is 36.2 Å². The van der Waals surface area contributed by atoms with Gasteiger partial charge in [0.1, 0.15) is 23.0 Å². The van der Waals surface area contributed by atoms with E-state index >= 15 is 0 Å². The van der Waals surface area contributed by atoms with Crippen molar-refractivity contribution < 1.29 is 22.0 Å². The van der Waals surface area contributed by atoms with E-state index in [-0.39, 0.29) is 36.3 Å². The highest BCUT2D eigenvalue weighted by Crippen LogP contribution is 2.48. The molecule has 1 aliphatic carbocycles. The van der Waals surface area contributed by atoms with Crippen LogP contribution in [0, 0.1) is 12.7 Å². The Labute approximate surface area is 167 Å². The van der Waals surface area contributed by atoms with Crippen molar-refractivity contribution in [3.8, 4) is 0 Å². The van der Waals surface area contributed by atoms with E-state index in [0.717, 1.165) is 16.7 Å². The maximum Gasteiger partial charge on any atom is 0.266 e. The Morgan fingerprint density at radius 3 is 2.57 bits per heavy atom. The highest BCUT2D eigenvalue weighted by atomic mass is 19.3. The number of aromatic nitrogens is 3. The van der Waals surface area contributed by atoms with Gasteiger partial charge in [-0.1, -0.05) is 18.2 Å². The number of anilines is 1. The van der Waals surface area contributed by atoms with E-state index in [2.05, 4.69) is 15.3 Å². The van der Waals surface area contributed by atoms with Gasteiger partial charge in [0.05, 0.1) is 16.5 Å². The minimum Gasteiger partial charge on any atom is -0.365 e. The van der Waals surface area contributed by atoms with Crippen LogP contribution in [0.25, 0.3) is 10.9 Å². The summed E-state index contributed by atoms with van der Waals surface area (Å²) in [5.74, 6) is -0.529. The molecule has 158 valence electrons. The lowest BCUT2D eigenvalue weighted by Gasteiger charge is -2.19. The smallest absolute Gasteiger partial charge is 0.266 e. The van der Waals surface area contributed by atoms with Crippen LogP contribution in [0.4, 0.5) is 27.8 Å². The fraction of sp³-hybridized carbons (Fsp3) is 0.350. The molecular weight excluding hydrogens is 407 g/mol. The summed E-state index contributed by atoms with van der Waals surface area (Å²) in [6, 6.07) is 4.85. The second kappa shape index (κ2) is 7.33. The van der Waals surface area contributed by atoms with Crippen LogP contribution in [-0.2, 0) is 12.1 Å². The SMILES string of the molecule is Cc1nc(NCc2cccc(C(F)F)c2F)c2cn(C3(C(F)F)CC3)c(=O)cc2n1. The lowest BCUT2D eigenvalue weighted by atomic mass is 10.1. The van der Waals surface area contributed by atoms with Crippen molar-refractivity contribution in [1.29, 1.82) is 0 Å². The van der Waals surface area contributed by atoms with Crippen LogP contribution < -0.4 is 10.9 Å². The first-order chi connectivity index (χ1) is 14.2. The second-order valence-electron chi connectivity index (χ2n) is 7.28. The third-order valence-corrected chi connectivity index (χ3v) is 5.28. The first kappa shape index (κ1) is 20.2. The Morgan fingerprint density at radius 1 is 1.20 bits per heavy atom. The standard InChI is InChI=1S/C20H17F5N4O/c1-10-27-14-7-15(30)29(20(5-6-20)19(24)25)9-13(14)18(28-10)26-8-11-3-2-4-12(16(11)21)17(22)23/h2-4,7,9,17,19H,5-6,8H2,1H3,(H,26,27,28). The Morgan fingerprint density at radius 2 is 1.93 bits per heavy atom. The summed E-state index contributed by atoms with van der Waals surface area (Å²) < 4.78 is 68.2. The topological polar surface area (TPSA) is 59.8 Å². The van der Waals surface area contributed by atoms with Gasteiger partial charge in [0.2, 0.25) is 0 Å². The molecule has 0 saturated heterocycles. The summed E-state index contributed by atoms with van der Waals surface area (Å²) in [6.45, 7) is 1.41. The van der Waals surface area contributed by atoms with Gasteiger partial charge in [-0.25, -0.2) is 31.9 Å². The van der Waals surface area contributed by atoms with Crippen molar-refractivity contribution >= 4 is 16.7 Å². The lowest BCUT2D eigenvalue weighted by molar-refractivity contribution is 0.0654. The van der Waals surface area contributed by atoms with Crippen LogP contribution in [0.2, 0.25) is 0 Å². The molecule has 1 N–H and O–H groups in total. The molecule has 4 rings (SSSR count). The molecule has 0 unspecified atom stereocenters. The van der Waals surface area contributed by atoms with Crippen LogP contribution in [0.3, 0.4) is 0 Å². The molecule has 2 heterocycles. The van der Waals surface area contributed by atoms with E-state index in [1.807, 2.05) is 0 Å². The minimum absolute atomic E-state index is 0.00298. The molecule has 0 radical (unpaired) electrons. The highest BCUT2D eigenvalue weighted by molar-refractivity contribution is 5.88. The van der Waals surface area contributed by atoms with E-state index in [1.54, 1.807) is 6.92 Å². The van der Waals surface area contributed by atoms with Crippen LogP contribution in [0.15, 0.2) is 35.3 Å². The average Bonchev–Trinajstić information content (AvgIpc) is 3.48. The quantitative estimate of drug-likeness (QED) is 0.590. The van der Waals surface area contributed by atoms with Gasteiger partial charge in [0.25, 0.3) is 18.4 Å². The Hall–Kier alpha value is -3.04. The summed E-state index contributed by atoms with van der Waals surface area (Å²) in [5, 5.41) is 3.16. The third-order valence-electron chi connectivity index (χ3n) is 5.28. The summed E-state index contributed by atoms with van der Waals surface area (Å²) >= 11 is 0. The van der Waals surface area contributed by atoms with Crippen molar-refractivity contribution in [2.75, 3.05) is 5.32 Å². The normalized spacial score (nSPS) is 15.2. The fourth-order valence-corrected chi connectivity index (χ4v) is 3.48. The molecule has 0 spiro atoms. The Bertz CT molecular complexity index is 1170. The number of rotatable bonds is 6. The molecule has 10 heteroatoms. The maximum absolute atomic E-state index is 14.3. The number of hydrogen-bond acceptors (Lipinski definition) is 4. The predicted molar refractivity (Wildman–Crippen MR) is 100 cm³/mol. The third kappa shape index (κ3) is 3.40. The molecule has 0 bridgehead atoms. The summed E-state index contributed by atoms with van der Waals surface area (Å²) in [6.07, 6.45) is -4.02. The van der Waals surface area contributed by atoms with Crippen molar-refractivity contribution in [3.05, 3.63) is 63.6 Å². The van der Waals surface area contributed by atoms with Gasteiger partial charge in [-0.3, -0.25) is 4.79 Å². The zero-order valence-electron chi connectivity index (χ0n) is 15.8. The molecule has 1 aliphatic rings. The first-order valence-electron chi connectivity index (χ1n) is 9.22. The first-order valence-corrected chi connectivity index (χ1v) is 9.22. The molecule has 5 nitrogen and oxygen atoms in total.